The molecule has 6 heteroatoms. The Labute approximate surface area is 82.8 Å². The van der Waals surface area contributed by atoms with Gasteiger partial charge in [0, 0.05) is 0 Å². The molecule has 0 saturated heterocycles. The molecule has 72 valence electrons. The van der Waals surface area contributed by atoms with Gasteiger partial charge in [0.05, 0.1) is 0 Å². The highest BCUT2D eigenvalue weighted by Gasteiger charge is 2.16. The van der Waals surface area contributed by atoms with Crippen LogP contribution in [0.4, 0.5) is 0 Å². The lowest BCUT2D eigenvalue weighted by Gasteiger charge is -2.03. The van der Waals surface area contributed by atoms with Gasteiger partial charge in [-0.05, 0) is 23.7 Å². The van der Waals surface area contributed by atoms with Gasteiger partial charge in [-0.25, -0.2) is 0 Å². The summed E-state index contributed by atoms with van der Waals surface area (Å²) in [5.41, 5.74) is -0.480. The molecule has 2 N–H and O–H groups in total. The van der Waals surface area contributed by atoms with E-state index in [1.807, 2.05) is 0 Å². The van der Waals surface area contributed by atoms with Gasteiger partial charge in [-0.15, -0.1) is 4.73 Å². The third-order valence-corrected chi connectivity index (χ3v) is 2.16. The number of hydrogen-bond donors (Lipinski definition) is 2. The number of phenolic OH excluding ortho intramolecular Hbond substituents is 1. The number of phenols is 1. The van der Waals surface area contributed by atoms with E-state index < -0.39 is 10.7 Å². The van der Waals surface area contributed by atoms with Crippen LogP contribution < -0.4 is 10.3 Å². The van der Waals surface area contributed by atoms with E-state index in [4.69, 9.17) is 11.6 Å². The number of aromatic nitrogens is 2. The summed E-state index contributed by atoms with van der Waals surface area (Å²) in [6, 6.07) is 4.36. The first-order chi connectivity index (χ1) is 6.61. The smallest absolute Gasteiger partial charge is 0.353 e. The van der Waals surface area contributed by atoms with Crippen molar-refractivity contribution in [1.82, 2.24) is 4.98 Å². The summed E-state index contributed by atoms with van der Waals surface area (Å²) in [7, 11) is 0. The van der Waals surface area contributed by atoms with Crippen LogP contribution in [0, 0.1) is 5.21 Å². The Balaban J connectivity index is 3.07. The molecule has 0 bridgehead atoms. The van der Waals surface area contributed by atoms with E-state index in [-0.39, 0.29) is 21.5 Å². The number of H-pyrrole nitrogens is 1. The fraction of sp³-hybridized carbons (Fsp3) is 0. The lowest BCUT2D eigenvalue weighted by molar-refractivity contribution is -0.576. The van der Waals surface area contributed by atoms with E-state index in [1.54, 1.807) is 0 Å². The maximum absolute atomic E-state index is 11.4. The molecule has 0 saturated carbocycles. The predicted molar refractivity (Wildman–Crippen MR) is 50.2 cm³/mol. The van der Waals surface area contributed by atoms with Crippen molar-refractivity contribution >= 4 is 22.6 Å². The summed E-state index contributed by atoms with van der Waals surface area (Å²) in [5, 5.41) is 20.2. The molecular formula is C8H5ClN2O3. The number of benzene rings is 1. The van der Waals surface area contributed by atoms with E-state index in [0.717, 1.165) is 0 Å². The zero-order valence-electron chi connectivity index (χ0n) is 6.82. The van der Waals surface area contributed by atoms with Crippen molar-refractivity contribution in [2.75, 3.05) is 0 Å². The molecule has 0 aliphatic heterocycles. The molecular weight excluding hydrogens is 208 g/mol. The lowest BCUT2D eigenvalue weighted by atomic mass is 10.3. The van der Waals surface area contributed by atoms with Crippen molar-refractivity contribution in [2.45, 2.75) is 0 Å². The number of hydrogen-bond acceptors (Lipinski definition) is 3. The minimum Gasteiger partial charge on any atom is -0.617 e. The van der Waals surface area contributed by atoms with Gasteiger partial charge in [0.15, 0.2) is 5.75 Å². The number of fused-ring (bicyclic) bond motifs is 1. The van der Waals surface area contributed by atoms with Crippen LogP contribution in [0.25, 0.3) is 11.0 Å². The lowest BCUT2D eigenvalue weighted by Crippen LogP contribution is -2.35. The zero-order chi connectivity index (χ0) is 10.3. The van der Waals surface area contributed by atoms with Crippen molar-refractivity contribution in [3.63, 3.8) is 0 Å². The summed E-state index contributed by atoms with van der Waals surface area (Å²) in [6.07, 6.45) is 0. The van der Waals surface area contributed by atoms with Crippen LogP contribution in [0.5, 0.6) is 5.75 Å². The topological polar surface area (TPSA) is 80.0 Å². The Morgan fingerprint density at radius 1 is 1.50 bits per heavy atom. The van der Waals surface area contributed by atoms with Crippen LogP contribution in [0.1, 0.15) is 0 Å². The van der Waals surface area contributed by atoms with Crippen molar-refractivity contribution in [3.8, 4) is 5.75 Å². The van der Waals surface area contributed by atoms with Gasteiger partial charge in [-0.1, -0.05) is 6.07 Å². The highest BCUT2D eigenvalue weighted by molar-refractivity contribution is 6.28. The highest BCUT2D eigenvalue weighted by atomic mass is 35.5. The van der Waals surface area contributed by atoms with Crippen LogP contribution in [-0.2, 0) is 0 Å². The molecule has 1 heterocycles. The normalized spacial score (nSPS) is 10.6. The third kappa shape index (κ3) is 1.10. The standard InChI is InChI=1S/C8H5ClN2O3/c9-7-8(13)10-4-2-1-3-5(12)6(4)11(7)14/h1-3,12H,(H,10,13). The fourth-order valence-corrected chi connectivity index (χ4v) is 1.34. The summed E-state index contributed by atoms with van der Waals surface area (Å²) in [4.78, 5) is 13.4. The Hall–Kier alpha value is -1.75. The van der Waals surface area contributed by atoms with Gasteiger partial charge in [0.25, 0.3) is 5.52 Å². The van der Waals surface area contributed by atoms with Crippen LogP contribution >= 0.6 is 11.6 Å². The highest BCUT2D eigenvalue weighted by Crippen LogP contribution is 2.18. The average molecular weight is 213 g/mol. The average Bonchev–Trinajstić information content (AvgIpc) is 2.14. The Bertz CT molecular complexity index is 564. The minimum absolute atomic E-state index is 0.0444. The second-order valence-electron chi connectivity index (χ2n) is 2.71. The van der Waals surface area contributed by atoms with E-state index in [0.29, 0.717) is 0 Å². The molecule has 14 heavy (non-hydrogen) atoms. The summed E-state index contributed by atoms with van der Waals surface area (Å²) >= 11 is 5.42. The van der Waals surface area contributed by atoms with Gasteiger partial charge in [0.2, 0.25) is 0 Å². The van der Waals surface area contributed by atoms with Gasteiger partial charge >= 0.3 is 10.7 Å². The fourth-order valence-electron chi connectivity index (χ4n) is 1.21. The van der Waals surface area contributed by atoms with Gasteiger partial charge in [-0.2, -0.15) is 0 Å². The van der Waals surface area contributed by atoms with Crippen LogP contribution in [0.15, 0.2) is 23.0 Å². The van der Waals surface area contributed by atoms with E-state index in [2.05, 4.69) is 4.98 Å². The van der Waals surface area contributed by atoms with Crippen molar-refractivity contribution in [3.05, 3.63) is 38.9 Å². The largest absolute Gasteiger partial charge is 0.617 e. The Morgan fingerprint density at radius 3 is 2.93 bits per heavy atom. The van der Waals surface area contributed by atoms with Crippen molar-refractivity contribution in [2.24, 2.45) is 0 Å². The maximum Gasteiger partial charge on any atom is 0.353 e. The minimum atomic E-state index is -0.681. The summed E-state index contributed by atoms with van der Waals surface area (Å²) in [5.74, 6) is -0.226. The molecule has 0 amide bonds. The SMILES string of the molecule is O=c1[nH]c2cccc(O)c2[n+]([O-])c1Cl. The van der Waals surface area contributed by atoms with Crippen molar-refractivity contribution in [1.29, 1.82) is 0 Å². The van der Waals surface area contributed by atoms with Crippen LogP contribution in [-0.4, -0.2) is 10.1 Å². The Morgan fingerprint density at radius 2 is 2.21 bits per heavy atom. The maximum atomic E-state index is 11.4. The number of para-hydroxylation sites is 1. The summed E-state index contributed by atoms with van der Waals surface area (Å²) in [6.45, 7) is 0. The monoisotopic (exact) mass is 212 g/mol. The molecule has 0 unspecified atom stereocenters. The number of aromatic hydroxyl groups is 1. The molecule has 0 aliphatic carbocycles. The van der Waals surface area contributed by atoms with Gasteiger partial charge < -0.3 is 15.3 Å². The molecule has 0 aliphatic rings. The molecule has 1 aromatic heterocycles. The first-order valence-corrected chi connectivity index (χ1v) is 4.12. The third-order valence-electron chi connectivity index (χ3n) is 1.83. The van der Waals surface area contributed by atoms with Gasteiger partial charge in [-0.3, -0.25) is 4.79 Å². The summed E-state index contributed by atoms with van der Waals surface area (Å²) < 4.78 is 0.199. The quantitative estimate of drug-likeness (QED) is 0.494. The molecule has 0 radical (unpaired) electrons. The van der Waals surface area contributed by atoms with E-state index in [1.165, 1.54) is 18.2 Å². The van der Waals surface area contributed by atoms with Crippen molar-refractivity contribution < 1.29 is 9.84 Å². The molecule has 0 fully saturated rings. The zero-order valence-corrected chi connectivity index (χ0v) is 7.58. The second kappa shape index (κ2) is 2.88. The number of rotatable bonds is 0. The van der Waals surface area contributed by atoms with Gasteiger partial charge in [0.1, 0.15) is 5.52 Å². The van der Waals surface area contributed by atoms with Crippen LogP contribution in [0.2, 0.25) is 5.15 Å². The molecule has 2 aromatic rings. The first kappa shape index (κ1) is 8.83. The Kier molecular flexibility index (Phi) is 1.82. The molecule has 2 rings (SSSR count). The van der Waals surface area contributed by atoms with E-state index >= 15 is 0 Å². The number of aromatic amines is 1. The number of nitrogens with zero attached hydrogens (tertiary/aromatic N) is 1. The predicted octanol–water partition coefficient (Wildman–Crippen LogP) is 0.520. The van der Waals surface area contributed by atoms with E-state index in [9.17, 15) is 15.1 Å². The molecule has 0 spiro atoms. The molecule has 1 aromatic carbocycles. The number of halogens is 1. The second-order valence-corrected chi connectivity index (χ2v) is 3.07. The first-order valence-electron chi connectivity index (χ1n) is 3.74. The number of nitrogens with one attached hydrogen (secondary N) is 1. The molecule has 5 nitrogen and oxygen atoms in total. The van der Waals surface area contributed by atoms with Crippen LogP contribution in [0.3, 0.4) is 0 Å². The molecule has 0 atom stereocenters.